The van der Waals surface area contributed by atoms with Crippen molar-refractivity contribution in [3.8, 4) is 0 Å². The van der Waals surface area contributed by atoms with Crippen LogP contribution < -0.4 is 10.9 Å². The fourth-order valence-electron chi connectivity index (χ4n) is 2.37. The number of halogens is 2. The Balaban J connectivity index is 2.00. The van der Waals surface area contributed by atoms with E-state index in [9.17, 15) is 9.18 Å². The van der Waals surface area contributed by atoms with E-state index in [1.54, 1.807) is 12.1 Å². The van der Waals surface area contributed by atoms with Gasteiger partial charge in [0.25, 0.3) is 5.56 Å². The predicted molar refractivity (Wildman–Crippen MR) is 74.5 cm³/mol. The van der Waals surface area contributed by atoms with Crippen molar-refractivity contribution in [3.63, 3.8) is 0 Å². The molecule has 0 amide bonds. The molecule has 6 heteroatoms. The van der Waals surface area contributed by atoms with Gasteiger partial charge in [0, 0.05) is 29.1 Å². The van der Waals surface area contributed by atoms with Gasteiger partial charge >= 0.3 is 0 Å². The fraction of sp³-hybridized carbons (Fsp3) is 0.286. The molecule has 0 fully saturated rings. The number of nitrogens with one attached hydrogen (secondary N) is 2. The molecule has 0 saturated carbocycles. The third-order valence-corrected chi connectivity index (χ3v) is 3.75. The summed E-state index contributed by atoms with van der Waals surface area (Å²) in [6.07, 6.45) is 0.840. The van der Waals surface area contributed by atoms with Gasteiger partial charge in [0.05, 0.1) is 5.69 Å². The number of nitrogens with zero attached hydrogens (tertiary/aromatic N) is 1. The van der Waals surface area contributed by atoms with Gasteiger partial charge in [-0.2, -0.15) is 0 Å². The van der Waals surface area contributed by atoms with E-state index in [-0.39, 0.29) is 12.0 Å². The Bertz CT molecular complexity index is 694. The summed E-state index contributed by atoms with van der Waals surface area (Å²) >= 11 is 5.99. The number of rotatable bonds is 2. The van der Waals surface area contributed by atoms with Gasteiger partial charge in [0.2, 0.25) is 0 Å². The highest BCUT2D eigenvalue weighted by Gasteiger charge is 2.16. The van der Waals surface area contributed by atoms with E-state index in [1.807, 2.05) is 0 Å². The van der Waals surface area contributed by atoms with Crippen LogP contribution in [-0.2, 0) is 19.4 Å². The first-order chi connectivity index (χ1) is 9.65. The Kier molecular flexibility index (Phi) is 3.54. The molecular formula is C14H13ClFN3O. The maximum atomic E-state index is 13.8. The molecule has 3 rings (SSSR count). The van der Waals surface area contributed by atoms with Gasteiger partial charge in [-0.3, -0.25) is 4.79 Å². The summed E-state index contributed by atoms with van der Waals surface area (Å²) in [5.41, 5.74) is 1.66. The fourth-order valence-corrected chi connectivity index (χ4v) is 2.60. The lowest BCUT2D eigenvalue weighted by Gasteiger charge is -2.16. The van der Waals surface area contributed by atoms with Crippen LogP contribution in [0.4, 0.5) is 4.39 Å². The van der Waals surface area contributed by atoms with Crippen LogP contribution >= 0.6 is 11.6 Å². The standard InChI is InChI=1S/C14H13ClFN3O/c15-10-2-1-3-11(16)9(10)6-13-18-12-7-17-5-4-8(12)14(20)19-13/h1-3,17H,4-7H2,(H,18,19,20). The summed E-state index contributed by atoms with van der Waals surface area (Å²) < 4.78 is 13.8. The maximum Gasteiger partial charge on any atom is 0.254 e. The zero-order chi connectivity index (χ0) is 14.1. The lowest BCUT2D eigenvalue weighted by atomic mass is 10.1. The van der Waals surface area contributed by atoms with Crippen LogP contribution in [0.15, 0.2) is 23.0 Å². The second-order valence-electron chi connectivity index (χ2n) is 4.74. The van der Waals surface area contributed by atoms with Gasteiger partial charge in [0.1, 0.15) is 11.6 Å². The molecule has 2 heterocycles. The molecule has 1 aliphatic heterocycles. The number of H-pyrrole nitrogens is 1. The van der Waals surface area contributed by atoms with E-state index in [2.05, 4.69) is 15.3 Å². The number of aromatic nitrogens is 2. The van der Waals surface area contributed by atoms with Gasteiger partial charge in [-0.25, -0.2) is 9.37 Å². The molecule has 0 saturated heterocycles. The molecular weight excluding hydrogens is 281 g/mol. The lowest BCUT2D eigenvalue weighted by Crippen LogP contribution is -2.32. The highest BCUT2D eigenvalue weighted by molar-refractivity contribution is 6.31. The topological polar surface area (TPSA) is 57.8 Å². The molecule has 2 aromatic rings. The molecule has 0 unspecified atom stereocenters. The number of hydrogen-bond donors (Lipinski definition) is 2. The highest BCUT2D eigenvalue weighted by Crippen LogP contribution is 2.21. The third kappa shape index (κ3) is 2.46. The van der Waals surface area contributed by atoms with E-state index in [4.69, 9.17) is 11.6 Å². The molecule has 0 bridgehead atoms. The molecule has 4 nitrogen and oxygen atoms in total. The molecule has 0 aliphatic carbocycles. The molecule has 1 aromatic carbocycles. The van der Waals surface area contributed by atoms with Crippen LogP contribution in [0, 0.1) is 5.82 Å². The van der Waals surface area contributed by atoms with Crippen LogP contribution in [0.3, 0.4) is 0 Å². The zero-order valence-corrected chi connectivity index (χ0v) is 11.4. The van der Waals surface area contributed by atoms with E-state index < -0.39 is 5.82 Å². The number of aromatic amines is 1. The Morgan fingerprint density at radius 3 is 3.05 bits per heavy atom. The Labute approximate surface area is 120 Å². The zero-order valence-electron chi connectivity index (χ0n) is 10.7. The number of fused-ring (bicyclic) bond motifs is 1. The van der Waals surface area contributed by atoms with Crippen LogP contribution in [-0.4, -0.2) is 16.5 Å². The van der Waals surface area contributed by atoms with Crippen molar-refractivity contribution in [1.82, 2.24) is 15.3 Å². The van der Waals surface area contributed by atoms with Gasteiger partial charge < -0.3 is 10.3 Å². The SMILES string of the molecule is O=c1[nH]c(Cc2c(F)cccc2Cl)nc2c1CCNC2. The Morgan fingerprint density at radius 1 is 1.40 bits per heavy atom. The number of benzene rings is 1. The summed E-state index contributed by atoms with van der Waals surface area (Å²) in [6.45, 7) is 1.34. The Hall–Kier alpha value is -1.72. The molecule has 1 aliphatic rings. The molecule has 0 atom stereocenters. The average Bonchev–Trinajstić information content (AvgIpc) is 2.43. The van der Waals surface area contributed by atoms with Crippen molar-refractivity contribution < 1.29 is 4.39 Å². The second-order valence-corrected chi connectivity index (χ2v) is 5.15. The Morgan fingerprint density at radius 2 is 2.25 bits per heavy atom. The predicted octanol–water partition coefficient (Wildman–Crippen LogP) is 1.80. The smallest absolute Gasteiger partial charge is 0.254 e. The second kappa shape index (κ2) is 5.34. The third-order valence-electron chi connectivity index (χ3n) is 3.40. The summed E-state index contributed by atoms with van der Waals surface area (Å²) in [5.74, 6) is 0.0421. The van der Waals surface area contributed by atoms with Crippen molar-refractivity contribution in [2.24, 2.45) is 0 Å². The van der Waals surface area contributed by atoms with Crippen molar-refractivity contribution in [2.75, 3.05) is 6.54 Å². The molecule has 1 aromatic heterocycles. The summed E-state index contributed by atoms with van der Waals surface area (Å²) in [5, 5.41) is 3.50. The van der Waals surface area contributed by atoms with Gasteiger partial charge in [-0.05, 0) is 25.1 Å². The van der Waals surface area contributed by atoms with Gasteiger partial charge in [-0.15, -0.1) is 0 Å². The minimum Gasteiger partial charge on any atom is -0.311 e. The van der Waals surface area contributed by atoms with Crippen LogP contribution in [0.1, 0.15) is 22.6 Å². The quantitative estimate of drug-likeness (QED) is 0.888. The largest absolute Gasteiger partial charge is 0.311 e. The van der Waals surface area contributed by atoms with Crippen molar-refractivity contribution in [3.05, 3.63) is 62.0 Å². The van der Waals surface area contributed by atoms with Crippen molar-refractivity contribution in [1.29, 1.82) is 0 Å². The van der Waals surface area contributed by atoms with E-state index in [0.717, 1.165) is 12.2 Å². The summed E-state index contributed by atoms with van der Waals surface area (Å²) in [4.78, 5) is 19.1. The molecule has 0 spiro atoms. The van der Waals surface area contributed by atoms with E-state index in [1.165, 1.54) is 6.07 Å². The molecule has 20 heavy (non-hydrogen) atoms. The maximum absolute atomic E-state index is 13.8. The van der Waals surface area contributed by atoms with E-state index in [0.29, 0.717) is 34.9 Å². The minimum absolute atomic E-state index is 0.140. The van der Waals surface area contributed by atoms with Gasteiger partial charge in [-0.1, -0.05) is 17.7 Å². The van der Waals surface area contributed by atoms with Crippen molar-refractivity contribution >= 4 is 11.6 Å². The highest BCUT2D eigenvalue weighted by atomic mass is 35.5. The normalized spacial score (nSPS) is 14.1. The monoisotopic (exact) mass is 293 g/mol. The van der Waals surface area contributed by atoms with Crippen LogP contribution in [0.5, 0.6) is 0 Å². The van der Waals surface area contributed by atoms with Crippen LogP contribution in [0.25, 0.3) is 0 Å². The first-order valence-corrected chi connectivity index (χ1v) is 6.77. The number of hydrogen-bond acceptors (Lipinski definition) is 3. The van der Waals surface area contributed by atoms with Crippen LogP contribution in [0.2, 0.25) is 5.02 Å². The molecule has 2 N–H and O–H groups in total. The van der Waals surface area contributed by atoms with E-state index >= 15 is 0 Å². The first kappa shape index (κ1) is 13.3. The van der Waals surface area contributed by atoms with Gasteiger partial charge in [0.15, 0.2) is 0 Å². The first-order valence-electron chi connectivity index (χ1n) is 6.39. The summed E-state index contributed by atoms with van der Waals surface area (Å²) in [7, 11) is 0. The minimum atomic E-state index is -0.393. The van der Waals surface area contributed by atoms with Crippen molar-refractivity contribution in [2.45, 2.75) is 19.4 Å². The lowest BCUT2D eigenvalue weighted by molar-refractivity contribution is 0.602. The summed E-state index contributed by atoms with van der Waals surface area (Å²) in [6, 6.07) is 4.52. The molecule has 104 valence electrons. The average molecular weight is 294 g/mol. The molecule has 0 radical (unpaired) electrons.